The van der Waals surface area contributed by atoms with Crippen molar-refractivity contribution in [3.63, 3.8) is 0 Å². The van der Waals surface area contributed by atoms with Gasteiger partial charge in [-0.05, 0) is 30.7 Å². The number of nitrogens with one attached hydrogen (secondary N) is 1. The highest BCUT2D eigenvalue weighted by atomic mass is 16.5. The van der Waals surface area contributed by atoms with Gasteiger partial charge in [-0.25, -0.2) is 0 Å². The van der Waals surface area contributed by atoms with Gasteiger partial charge in [-0.2, -0.15) is 0 Å². The summed E-state index contributed by atoms with van der Waals surface area (Å²) in [5.74, 6) is 0.694. The first kappa shape index (κ1) is 15.2. The van der Waals surface area contributed by atoms with E-state index >= 15 is 0 Å². The van der Waals surface area contributed by atoms with Crippen molar-refractivity contribution in [1.82, 2.24) is 5.32 Å². The molecule has 0 saturated carbocycles. The summed E-state index contributed by atoms with van der Waals surface area (Å²) in [7, 11) is 1.58. The first-order chi connectivity index (χ1) is 9.17. The van der Waals surface area contributed by atoms with Crippen molar-refractivity contribution in [3.05, 3.63) is 29.8 Å². The lowest BCUT2D eigenvalue weighted by atomic mass is 10.1. The van der Waals surface area contributed by atoms with Crippen LogP contribution in [-0.2, 0) is 4.79 Å². The summed E-state index contributed by atoms with van der Waals surface area (Å²) in [4.78, 5) is 23.2. The molecule has 5 heteroatoms. The van der Waals surface area contributed by atoms with E-state index in [1.54, 1.807) is 31.4 Å². The van der Waals surface area contributed by atoms with Gasteiger partial charge in [0.2, 0.25) is 5.91 Å². The highest BCUT2D eigenvalue weighted by Crippen LogP contribution is 2.13. The molecule has 0 spiro atoms. The predicted molar refractivity (Wildman–Crippen MR) is 73.2 cm³/mol. The summed E-state index contributed by atoms with van der Waals surface area (Å²) in [6.07, 6.45) is 1.26. The normalized spacial score (nSPS) is 10.0. The monoisotopic (exact) mass is 264 g/mol. The third-order valence-corrected chi connectivity index (χ3v) is 2.69. The standard InChI is InChI=1S/C14H20N2O3/c1-19-12-7-5-11(6-8-12)13(17)3-2-4-14(18)16-10-9-15/h5-8H,2-4,9-10,15H2,1H3,(H,16,18). The maximum absolute atomic E-state index is 11.8. The van der Waals surface area contributed by atoms with Crippen LogP contribution < -0.4 is 15.8 Å². The molecule has 0 bridgehead atoms. The molecule has 0 atom stereocenters. The molecule has 3 N–H and O–H groups in total. The molecule has 0 aromatic heterocycles. The Morgan fingerprint density at radius 2 is 1.89 bits per heavy atom. The van der Waals surface area contributed by atoms with Gasteiger partial charge in [0.05, 0.1) is 7.11 Å². The Kier molecular flexibility index (Phi) is 6.60. The first-order valence-electron chi connectivity index (χ1n) is 6.31. The van der Waals surface area contributed by atoms with Crippen molar-refractivity contribution in [2.75, 3.05) is 20.2 Å². The summed E-state index contributed by atoms with van der Waals surface area (Å²) in [5, 5.41) is 2.67. The second kappa shape index (κ2) is 8.26. The molecule has 0 unspecified atom stereocenters. The fraction of sp³-hybridized carbons (Fsp3) is 0.429. The van der Waals surface area contributed by atoms with E-state index in [4.69, 9.17) is 10.5 Å². The van der Waals surface area contributed by atoms with Crippen molar-refractivity contribution in [1.29, 1.82) is 0 Å². The molecule has 19 heavy (non-hydrogen) atoms. The predicted octanol–water partition coefficient (Wildman–Crippen LogP) is 1.12. The minimum absolute atomic E-state index is 0.0364. The molecule has 0 aliphatic rings. The summed E-state index contributed by atoms with van der Waals surface area (Å²) in [6, 6.07) is 6.97. The van der Waals surface area contributed by atoms with Gasteiger partial charge >= 0.3 is 0 Å². The summed E-state index contributed by atoms with van der Waals surface area (Å²) in [6.45, 7) is 0.905. The lowest BCUT2D eigenvalue weighted by molar-refractivity contribution is -0.121. The lowest BCUT2D eigenvalue weighted by Crippen LogP contribution is -2.28. The third kappa shape index (κ3) is 5.52. The average Bonchev–Trinajstić information content (AvgIpc) is 2.45. The van der Waals surface area contributed by atoms with E-state index in [-0.39, 0.29) is 11.7 Å². The Balaban J connectivity index is 2.32. The minimum atomic E-state index is -0.0621. The van der Waals surface area contributed by atoms with Crippen LogP contribution in [0.15, 0.2) is 24.3 Å². The number of benzene rings is 1. The Labute approximate surface area is 113 Å². The quantitative estimate of drug-likeness (QED) is 0.689. The zero-order chi connectivity index (χ0) is 14.1. The maximum Gasteiger partial charge on any atom is 0.220 e. The number of amides is 1. The van der Waals surface area contributed by atoms with Crippen molar-refractivity contribution in [3.8, 4) is 5.75 Å². The number of carbonyl (C=O) groups excluding carboxylic acids is 2. The van der Waals surface area contributed by atoms with Gasteiger partial charge in [0.25, 0.3) is 0 Å². The minimum Gasteiger partial charge on any atom is -0.497 e. The van der Waals surface area contributed by atoms with Crippen LogP contribution in [0, 0.1) is 0 Å². The Hall–Kier alpha value is -1.88. The number of hydrogen-bond donors (Lipinski definition) is 2. The number of Topliss-reactive ketones (excluding diaryl/α,β-unsaturated/α-hetero) is 1. The molecule has 0 heterocycles. The van der Waals surface area contributed by atoms with E-state index in [1.807, 2.05) is 0 Å². The van der Waals surface area contributed by atoms with Crippen LogP contribution >= 0.6 is 0 Å². The second-order valence-electron chi connectivity index (χ2n) is 4.14. The number of methoxy groups -OCH3 is 1. The molecule has 0 radical (unpaired) electrons. The molecule has 1 rings (SSSR count). The average molecular weight is 264 g/mol. The molecule has 1 aromatic rings. The largest absolute Gasteiger partial charge is 0.497 e. The Morgan fingerprint density at radius 3 is 2.47 bits per heavy atom. The van der Waals surface area contributed by atoms with Crippen LogP contribution in [0.4, 0.5) is 0 Å². The highest BCUT2D eigenvalue weighted by molar-refractivity contribution is 5.96. The fourth-order valence-corrected chi connectivity index (χ4v) is 1.63. The second-order valence-corrected chi connectivity index (χ2v) is 4.14. The van der Waals surface area contributed by atoms with Gasteiger partial charge in [0, 0.05) is 31.5 Å². The van der Waals surface area contributed by atoms with Gasteiger partial charge in [-0.15, -0.1) is 0 Å². The van der Waals surface area contributed by atoms with Gasteiger partial charge in [-0.1, -0.05) is 0 Å². The molecule has 1 amide bonds. The topological polar surface area (TPSA) is 81.4 Å². The van der Waals surface area contributed by atoms with Crippen LogP contribution in [0.3, 0.4) is 0 Å². The van der Waals surface area contributed by atoms with E-state index in [0.717, 1.165) is 5.75 Å². The maximum atomic E-state index is 11.8. The lowest BCUT2D eigenvalue weighted by Gasteiger charge is -2.04. The zero-order valence-corrected chi connectivity index (χ0v) is 11.1. The van der Waals surface area contributed by atoms with Crippen LogP contribution in [0.5, 0.6) is 5.75 Å². The fourth-order valence-electron chi connectivity index (χ4n) is 1.63. The van der Waals surface area contributed by atoms with E-state index in [1.165, 1.54) is 0 Å². The van der Waals surface area contributed by atoms with Gasteiger partial charge in [0.15, 0.2) is 5.78 Å². The molecular formula is C14H20N2O3. The molecule has 0 aliphatic heterocycles. The van der Waals surface area contributed by atoms with E-state index < -0.39 is 0 Å². The Bertz CT molecular complexity index is 415. The van der Waals surface area contributed by atoms with Crippen LogP contribution in [0.2, 0.25) is 0 Å². The number of carbonyl (C=O) groups is 2. The van der Waals surface area contributed by atoms with Gasteiger partial charge in [-0.3, -0.25) is 9.59 Å². The molecule has 0 saturated heterocycles. The van der Waals surface area contributed by atoms with Crippen LogP contribution in [-0.4, -0.2) is 31.9 Å². The summed E-state index contributed by atoms with van der Waals surface area (Å²) >= 11 is 0. The number of rotatable bonds is 8. The molecule has 1 aromatic carbocycles. The van der Waals surface area contributed by atoms with Crippen molar-refractivity contribution < 1.29 is 14.3 Å². The molecule has 0 fully saturated rings. The van der Waals surface area contributed by atoms with E-state index in [2.05, 4.69) is 5.32 Å². The highest BCUT2D eigenvalue weighted by Gasteiger charge is 2.07. The van der Waals surface area contributed by atoms with Crippen LogP contribution in [0.1, 0.15) is 29.6 Å². The van der Waals surface area contributed by atoms with Gasteiger partial charge < -0.3 is 15.8 Å². The SMILES string of the molecule is COc1ccc(C(=O)CCCC(=O)NCCN)cc1. The number of ether oxygens (including phenoxy) is 1. The van der Waals surface area contributed by atoms with Gasteiger partial charge in [0.1, 0.15) is 5.75 Å². The molecule has 104 valence electrons. The number of nitrogens with two attached hydrogens (primary N) is 1. The molecule has 5 nitrogen and oxygen atoms in total. The zero-order valence-electron chi connectivity index (χ0n) is 11.1. The van der Waals surface area contributed by atoms with Crippen molar-refractivity contribution in [2.24, 2.45) is 5.73 Å². The smallest absolute Gasteiger partial charge is 0.220 e. The summed E-state index contributed by atoms with van der Waals surface area (Å²) in [5.41, 5.74) is 5.92. The first-order valence-corrected chi connectivity index (χ1v) is 6.31. The van der Waals surface area contributed by atoms with Crippen molar-refractivity contribution in [2.45, 2.75) is 19.3 Å². The number of ketones is 1. The van der Waals surface area contributed by atoms with Crippen LogP contribution in [0.25, 0.3) is 0 Å². The molecular weight excluding hydrogens is 244 g/mol. The molecule has 0 aliphatic carbocycles. The third-order valence-electron chi connectivity index (χ3n) is 2.69. The summed E-state index contributed by atoms with van der Waals surface area (Å²) < 4.78 is 5.02. The van der Waals surface area contributed by atoms with E-state index in [9.17, 15) is 9.59 Å². The Morgan fingerprint density at radius 1 is 1.21 bits per heavy atom. The number of hydrogen-bond acceptors (Lipinski definition) is 4. The van der Waals surface area contributed by atoms with E-state index in [0.29, 0.717) is 37.9 Å². The van der Waals surface area contributed by atoms with Crippen molar-refractivity contribution >= 4 is 11.7 Å².